The molecule has 1 unspecified atom stereocenters. The molecule has 0 saturated carbocycles. The molecule has 1 fully saturated rings. The van der Waals surface area contributed by atoms with Crippen LogP contribution in [0.1, 0.15) is 5.56 Å². The third-order valence-corrected chi connectivity index (χ3v) is 4.74. The number of para-hydroxylation sites is 2. The summed E-state index contributed by atoms with van der Waals surface area (Å²) in [5.41, 5.74) is 4.06. The third kappa shape index (κ3) is 3.27. The molecule has 0 aliphatic carbocycles. The number of hydrogen-bond acceptors (Lipinski definition) is 3. The number of piperazine rings is 1. The van der Waals surface area contributed by atoms with E-state index in [-0.39, 0.29) is 0 Å². The van der Waals surface area contributed by atoms with Crippen molar-refractivity contribution >= 4 is 11.0 Å². The lowest BCUT2D eigenvalue weighted by Gasteiger charge is -2.35. The largest absolute Gasteiger partial charge is 0.314 e. The van der Waals surface area contributed by atoms with Gasteiger partial charge in [0.25, 0.3) is 6.43 Å². The maximum atomic E-state index is 13.2. The van der Waals surface area contributed by atoms with E-state index in [0.29, 0.717) is 19.6 Å². The highest BCUT2D eigenvalue weighted by Gasteiger charge is 2.29. The highest BCUT2D eigenvalue weighted by atomic mass is 19.3. The van der Waals surface area contributed by atoms with Crippen LogP contribution in [0, 0.1) is 0 Å². The predicted molar refractivity (Wildman–Crippen MR) is 94.1 cm³/mol. The van der Waals surface area contributed by atoms with Gasteiger partial charge in [0.1, 0.15) is 6.33 Å². The zero-order valence-electron chi connectivity index (χ0n) is 13.8. The van der Waals surface area contributed by atoms with Crippen LogP contribution in [0.15, 0.2) is 54.9 Å². The number of benzene rings is 2. The minimum atomic E-state index is -2.33. The number of fused-ring (bicyclic) bond motifs is 1. The number of halogens is 2. The Balaban J connectivity index is 1.54. The van der Waals surface area contributed by atoms with Crippen molar-refractivity contribution in [3.05, 3.63) is 60.4 Å². The highest BCUT2D eigenvalue weighted by molar-refractivity contribution is 5.77. The van der Waals surface area contributed by atoms with Crippen LogP contribution in [-0.2, 0) is 6.54 Å². The van der Waals surface area contributed by atoms with E-state index in [0.717, 1.165) is 28.8 Å². The minimum Gasteiger partial charge on any atom is -0.314 e. The summed E-state index contributed by atoms with van der Waals surface area (Å²) < 4.78 is 28.4. The maximum absolute atomic E-state index is 13.2. The van der Waals surface area contributed by atoms with Crippen LogP contribution in [0.25, 0.3) is 16.7 Å². The first-order valence-corrected chi connectivity index (χ1v) is 8.47. The number of rotatable bonds is 4. The van der Waals surface area contributed by atoms with Crippen molar-refractivity contribution in [1.82, 2.24) is 19.8 Å². The average molecular weight is 342 g/mol. The molecule has 0 spiro atoms. The van der Waals surface area contributed by atoms with E-state index < -0.39 is 12.5 Å². The molecule has 130 valence electrons. The first kappa shape index (κ1) is 16.2. The van der Waals surface area contributed by atoms with Crippen LogP contribution >= 0.6 is 0 Å². The zero-order valence-corrected chi connectivity index (χ0v) is 13.8. The molecule has 0 bridgehead atoms. The molecular weight excluding hydrogens is 322 g/mol. The number of nitrogens with zero attached hydrogens (tertiary/aromatic N) is 3. The van der Waals surface area contributed by atoms with E-state index in [2.05, 4.69) is 10.3 Å². The molecule has 1 aliphatic rings. The van der Waals surface area contributed by atoms with Crippen LogP contribution in [0.2, 0.25) is 0 Å². The molecule has 3 aromatic rings. The average Bonchev–Trinajstić information content (AvgIpc) is 3.07. The van der Waals surface area contributed by atoms with Gasteiger partial charge in [-0.05, 0) is 29.8 Å². The van der Waals surface area contributed by atoms with E-state index >= 15 is 0 Å². The Bertz CT molecular complexity index is 844. The Morgan fingerprint density at radius 3 is 2.72 bits per heavy atom. The second kappa shape index (κ2) is 6.90. The van der Waals surface area contributed by atoms with Crippen molar-refractivity contribution in [2.45, 2.75) is 19.0 Å². The van der Waals surface area contributed by atoms with Gasteiger partial charge in [-0.25, -0.2) is 13.8 Å². The maximum Gasteiger partial charge on any atom is 0.255 e. The van der Waals surface area contributed by atoms with Crippen molar-refractivity contribution in [3.63, 3.8) is 0 Å². The molecule has 1 saturated heterocycles. The number of hydrogen-bond donors (Lipinski definition) is 1. The number of nitrogens with one attached hydrogen (secondary N) is 1. The molecule has 6 heteroatoms. The summed E-state index contributed by atoms with van der Waals surface area (Å²) >= 11 is 0. The van der Waals surface area contributed by atoms with E-state index in [1.54, 1.807) is 0 Å². The van der Waals surface area contributed by atoms with Crippen molar-refractivity contribution in [2.24, 2.45) is 0 Å². The van der Waals surface area contributed by atoms with Crippen molar-refractivity contribution in [1.29, 1.82) is 0 Å². The van der Waals surface area contributed by atoms with Crippen LogP contribution < -0.4 is 5.32 Å². The highest BCUT2D eigenvalue weighted by Crippen LogP contribution is 2.20. The van der Waals surface area contributed by atoms with Gasteiger partial charge >= 0.3 is 0 Å². The Hall–Kier alpha value is -2.31. The molecule has 1 N–H and O–H groups in total. The monoisotopic (exact) mass is 342 g/mol. The zero-order chi connectivity index (χ0) is 17.2. The van der Waals surface area contributed by atoms with Gasteiger partial charge in [-0.2, -0.15) is 0 Å². The lowest BCUT2D eigenvalue weighted by atomic mass is 10.1. The molecule has 4 rings (SSSR count). The standard InChI is InChI=1S/C19H20F2N4/c20-19(21)18-11-22-9-10-24(18)12-14-5-7-15(8-6-14)25-13-23-16-3-1-2-4-17(16)25/h1-8,13,18-19,22H,9-12H2. The fourth-order valence-corrected chi connectivity index (χ4v) is 3.37. The third-order valence-electron chi connectivity index (χ3n) is 4.74. The van der Waals surface area contributed by atoms with Gasteiger partial charge in [-0.15, -0.1) is 0 Å². The van der Waals surface area contributed by atoms with E-state index in [4.69, 9.17) is 0 Å². The second-order valence-corrected chi connectivity index (χ2v) is 6.35. The van der Waals surface area contributed by atoms with Gasteiger partial charge in [0, 0.05) is 31.9 Å². The molecule has 1 aliphatic heterocycles. The molecular formula is C19H20F2N4. The van der Waals surface area contributed by atoms with Crippen LogP contribution in [-0.4, -0.2) is 46.6 Å². The van der Waals surface area contributed by atoms with Crippen LogP contribution in [0.4, 0.5) is 8.78 Å². The molecule has 1 atom stereocenters. The number of aromatic nitrogens is 2. The van der Waals surface area contributed by atoms with Gasteiger partial charge in [0.2, 0.25) is 0 Å². The van der Waals surface area contributed by atoms with E-state index in [9.17, 15) is 8.78 Å². The first-order valence-electron chi connectivity index (χ1n) is 8.47. The summed E-state index contributed by atoms with van der Waals surface area (Å²) in [5.74, 6) is 0. The summed E-state index contributed by atoms with van der Waals surface area (Å²) in [6, 6.07) is 15.3. The minimum absolute atomic E-state index is 0.344. The lowest BCUT2D eigenvalue weighted by Crippen LogP contribution is -2.53. The Kier molecular flexibility index (Phi) is 4.46. The first-order chi connectivity index (χ1) is 12.2. The van der Waals surface area contributed by atoms with E-state index in [1.165, 1.54) is 0 Å². The van der Waals surface area contributed by atoms with Crippen molar-refractivity contribution in [2.75, 3.05) is 19.6 Å². The van der Waals surface area contributed by atoms with Crippen molar-refractivity contribution < 1.29 is 8.78 Å². The summed E-state index contributed by atoms with van der Waals surface area (Å²) in [7, 11) is 0. The smallest absolute Gasteiger partial charge is 0.255 e. The number of imidazole rings is 1. The lowest BCUT2D eigenvalue weighted by molar-refractivity contribution is 0.00828. The molecule has 2 aromatic carbocycles. The molecule has 4 nitrogen and oxygen atoms in total. The number of alkyl halides is 2. The van der Waals surface area contributed by atoms with Crippen molar-refractivity contribution in [3.8, 4) is 5.69 Å². The SMILES string of the molecule is FC(F)C1CNCCN1Cc1ccc(-n2cnc3ccccc32)cc1. The topological polar surface area (TPSA) is 33.1 Å². The summed E-state index contributed by atoms with van der Waals surface area (Å²) in [6.45, 7) is 2.28. The molecule has 25 heavy (non-hydrogen) atoms. The van der Waals surface area contributed by atoms with Gasteiger partial charge in [-0.1, -0.05) is 24.3 Å². The summed E-state index contributed by atoms with van der Waals surface area (Å²) in [5, 5.41) is 3.04. The predicted octanol–water partition coefficient (Wildman–Crippen LogP) is 3.06. The van der Waals surface area contributed by atoms with Gasteiger partial charge in [0.05, 0.1) is 17.1 Å². The van der Waals surface area contributed by atoms with E-state index in [1.807, 2.05) is 64.3 Å². The van der Waals surface area contributed by atoms with Gasteiger partial charge in [0.15, 0.2) is 0 Å². The Morgan fingerprint density at radius 2 is 1.92 bits per heavy atom. The molecule has 0 amide bonds. The summed E-state index contributed by atoms with van der Waals surface area (Å²) in [6.07, 6.45) is -0.521. The fourth-order valence-electron chi connectivity index (χ4n) is 3.37. The quantitative estimate of drug-likeness (QED) is 0.791. The summed E-state index contributed by atoms with van der Waals surface area (Å²) in [4.78, 5) is 6.27. The Morgan fingerprint density at radius 1 is 1.12 bits per heavy atom. The van der Waals surface area contributed by atoms with Crippen LogP contribution in [0.3, 0.4) is 0 Å². The second-order valence-electron chi connectivity index (χ2n) is 6.35. The molecule has 2 heterocycles. The van der Waals surface area contributed by atoms with Crippen LogP contribution in [0.5, 0.6) is 0 Å². The van der Waals surface area contributed by atoms with Gasteiger partial charge < -0.3 is 5.32 Å². The molecule has 0 radical (unpaired) electrons. The van der Waals surface area contributed by atoms with Gasteiger partial charge in [-0.3, -0.25) is 9.47 Å². The normalized spacial score (nSPS) is 18.9. The molecule has 1 aromatic heterocycles. The fraction of sp³-hybridized carbons (Fsp3) is 0.316. The Labute approximate surface area is 145 Å².